The number of fused-ring (bicyclic) bond motifs is 1. The maximum Gasteiger partial charge on any atom is 0.268 e. The smallest absolute Gasteiger partial charge is 0.268 e. The predicted octanol–water partition coefficient (Wildman–Crippen LogP) is 5.10. The highest BCUT2D eigenvalue weighted by atomic mass is 19.1. The second-order valence-electron chi connectivity index (χ2n) is 7.99. The summed E-state index contributed by atoms with van der Waals surface area (Å²) < 4.78 is 15.4. The molecule has 29 heavy (non-hydrogen) atoms. The van der Waals surface area contributed by atoms with Gasteiger partial charge >= 0.3 is 0 Å². The number of benzene rings is 2. The van der Waals surface area contributed by atoms with Crippen LogP contribution in [0.3, 0.4) is 0 Å². The molecule has 3 nitrogen and oxygen atoms in total. The van der Waals surface area contributed by atoms with Gasteiger partial charge in [-0.3, -0.25) is 4.79 Å². The van der Waals surface area contributed by atoms with Crippen molar-refractivity contribution >= 4 is 5.91 Å². The Hall–Kier alpha value is -2.88. The number of carbonyl (C=O) groups excluding carboxylic acids is 1. The van der Waals surface area contributed by atoms with Gasteiger partial charge in [-0.2, -0.15) is 0 Å². The molecular formula is C25H27FN2O. The summed E-state index contributed by atoms with van der Waals surface area (Å²) in [6.07, 6.45) is 4.41. The van der Waals surface area contributed by atoms with Crippen LogP contribution in [0.15, 0.2) is 48.5 Å². The van der Waals surface area contributed by atoms with E-state index < -0.39 is 0 Å². The highest BCUT2D eigenvalue weighted by Crippen LogP contribution is 2.30. The SMILES string of the molecule is Cc1cccc(Cn2c3c(c(C)c2C(=O)NCc2ccc(F)cc2)CCCC3)c1. The van der Waals surface area contributed by atoms with Gasteiger partial charge in [0.2, 0.25) is 0 Å². The molecule has 0 spiro atoms. The van der Waals surface area contributed by atoms with Crippen molar-refractivity contribution in [2.24, 2.45) is 0 Å². The fourth-order valence-corrected chi connectivity index (χ4v) is 4.40. The summed E-state index contributed by atoms with van der Waals surface area (Å²) in [5.41, 5.74) is 7.84. The van der Waals surface area contributed by atoms with Crippen LogP contribution in [0, 0.1) is 19.7 Å². The Labute approximate surface area is 171 Å². The fourth-order valence-electron chi connectivity index (χ4n) is 4.40. The highest BCUT2D eigenvalue weighted by molar-refractivity contribution is 5.95. The molecule has 0 fully saturated rings. The molecule has 0 aliphatic heterocycles. The molecule has 150 valence electrons. The Balaban J connectivity index is 1.64. The van der Waals surface area contributed by atoms with Gasteiger partial charge in [0.1, 0.15) is 11.5 Å². The van der Waals surface area contributed by atoms with Gasteiger partial charge in [0.05, 0.1) is 0 Å². The summed E-state index contributed by atoms with van der Waals surface area (Å²) in [5, 5.41) is 3.04. The van der Waals surface area contributed by atoms with Crippen LogP contribution in [0.25, 0.3) is 0 Å². The number of hydrogen-bond acceptors (Lipinski definition) is 1. The van der Waals surface area contributed by atoms with E-state index in [9.17, 15) is 9.18 Å². The Bertz CT molecular complexity index is 1030. The van der Waals surface area contributed by atoms with Gasteiger partial charge < -0.3 is 9.88 Å². The molecule has 1 heterocycles. The van der Waals surface area contributed by atoms with Crippen LogP contribution >= 0.6 is 0 Å². The molecule has 1 amide bonds. The first kappa shape index (κ1) is 19.4. The first-order valence-electron chi connectivity index (χ1n) is 10.3. The van der Waals surface area contributed by atoms with Crippen LogP contribution in [0.5, 0.6) is 0 Å². The van der Waals surface area contributed by atoms with Gasteiger partial charge in [-0.25, -0.2) is 4.39 Å². The van der Waals surface area contributed by atoms with Crippen molar-refractivity contribution in [3.05, 3.63) is 93.6 Å². The first-order valence-corrected chi connectivity index (χ1v) is 10.3. The molecule has 1 aromatic heterocycles. The monoisotopic (exact) mass is 390 g/mol. The van der Waals surface area contributed by atoms with Crippen molar-refractivity contribution in [1.29, 1.82) is 0 Å². The normalized spacial score (nSPS) is 13.2. The number of nitrogens with zero attached hydrogens (tertiary/aromatic N) is 1. The average Bonchev–Trinajstić information content (AvgIpc) is 2.99. The molecule has 0 atom stereocenters. The van der Waals surface area contributed by atoms with Crippen LogP contribution < -0.4 is 5.32 Å². The Morgan fingerprint density at radius 3 is 2.55 bits per heavy atom. The van der Waals surface area contributed by atoms with Crippen LogP contribution in [0.4, 0.5) is 4.39 Å². The van der Waals surface area contributed by atoms with E-state index >= 15 is 0 Å². The van der Waals surface area contributed by atoms with E-state index in [0.29, 0.717) is 13.1 Å². The maximum atomic E-state index is 13.2. The molecule has 0 saturated heterocycles. The third-order valence-corrected chi connectivity index (χ3v) is 5.85. The molecule has 0 bridgehead atoms. The number of rotatable bonds is 5. The van der Waals surface area contributed by atoms with Crippen molar-refractivity contribution in [1.82, 2.24) is 9.88 Å². The Morgan fingerprint density at radius 2 is 1.79 bits per heavy atom. The van der Waals surface area contributed by atoms with Crippen molar-refractivity contribution in [2.75, 3.05) is 0 Å². The topological polar surface area (TPSA) is 34.0 Å². The minimum Gasteiger partial charge on any atom is -0.347 e. The van der Waals surface area contributed by atoms with E-state index in [0.717, 1.165) is 29.7 Å². The zero-order valence-corrected chi connectivity index (χ0v) is 17.1. The second-order valence-corrected chi connectivity index (χ2v) is 7.99. The lowest BCUT2D eigenvalue weighted by Gasteiger charge is -2.17. The summed E-state index contributed by atoms with van der Waals surface area (Å²) >= 11 is 0. The molecule has 3 aromatic rings. The average molecular weight is 391 g/mol. The number of amides is 1. The highest BCUT2D eigenvalue weighted by Gasteiger charge is 2.26. The third kappa shape index (κ3) is 4.12. The van der Waals surface area contributed by atoms with E-state index in [1.165, 1.54) is 47.4 Å². The first-order chi connectivity index (χ1) is 14.0. The molecular weight excluding hydrogens is 363 g/mol. The van der Waals surface area contributed by atoms with Crippen molar-refractivity contribution in [3.8, 4) is 0 Å². The molecule has 0 radical (unpaired) electrons. The molecule has 1 N–H and O–H groups in total. The largest absolute Gasteiger partial charge is 0.347 e. The lowest BCUT2D eigenvalue weighted by atomic mass is 9.95. The van der Waals surface area contributed by atoms with Gasteiger partial charge in [-0.05, 0) is 73.9 Å². The van der Waals surface area contributed by atoms with Crippen LogP contribution in [-0.2, 0) is 25.9 Å². The minimum absolute atomic E-state index is 0.0612. The van der Waals surface area contributed by atoms with Crippen LogP contribution in [0.2, 0.25) is 0 Å². The summed E-state index contributed by atoms with van der Waals surface area (Å²) in [4.78, 5) is 13.2. The zero-order valence-electron chi connectivity index (χ0n) is 17.1. The van der Waals surface area contributed by atoms with E-state index in [1.54, 1.807) is 12.1 Å². The fraction of sp³-hybridized carbons (Fsp3) is 0.320. The van der Waals surface area contributed by atoms with E-state index in [2.05, 4.69) is 48.0 Å². The number of aromatic nitrogens is 1. The van der Waals surface area contributed by atoms with Gasteiger partial charge in [0.25, 0.3) is 5.91 Å². The van der Waals surface area contributed by atoms with E-state index in [4.69, 9.17) is 0 Å². The quantitative estimate of drug-likeness (QED) is 0.646. The van der Waals surface area contributed by atoms with Gasteiger partial charge in [-0.1, -0.05) is 42.0 Å². The van der Waals surface area contributed by atoms with E-state index in [1.807, 2.05) is 0 Å². The molecule has 0 saturated carbocycles. The predicted molar refractivity (Wildman–Crippen MR) is 114 cm³/mol. The molecule has 1 aliphatic carbocycles. The summed E-state index contributed by atoms with van der Waals surface area (Å²) in [6, 6.07) is 14.7. The number of hydrogen-bond donors (Lipinski definition) is 1. The van der Waals surface area contributed by atoms with Gasteiger partial charge in [0.15, 0.2) is 0 Å². The summed E-state index contributed by atoms with van der Waals surface area (Å²) in [5.74, 6) is -0.329. The molecule has 0 unspecified atom stereocenters. The van der Waals surface area contributed by atoms with Gasteiger partial charge in [-0.15, -0.1) is 0 Å². The molecule has 2 aromatic carbocycles. The second kappa shape index (κ2) is 8.24. The van der Waals surface area contributed by atoms with Crippen LogP contribution in [-0.4, -0.2) is 10.5 Å². The van der Waals surface area contributed by atoms with Crippen molar-refractivity contribution in [3.63, 3.8) is 0 Å². The maximum absolute atomic E-state index is 13.2. The third-order valence-electron chi connectivity index (χ3n) is 5.85. The van der Waals surface area contributed by atoms with Gasteiger partial charge in [0, 0.05) is 18.8 Å². The number of halogens is 1. The Morgan fingerprint density at radius 1 is 1.03 bits per heavy atom. The molecule has 4 rings (SSSR count). The number of aryl methyl sites for hydroxylation is 1. The summed E-state index contributed by atoms with van der Waals surface area (Å²) in [7, 11) is 0. The Kier molecular flexibility index (Phi) is 5.52. The van der Waals surface area contributed by atoms with E-state index in [-0.39, 0.29) is 11.7 Å². The summed E-state index contributed by atoms with van der Waals surface area (Å²) in [6.45, 7) is 5.26. The van der Waals surface area contributed by atoms with Crippen molar-refractivity contribution < 1.29 is 9.18 Å². The lowest BCUT2D eigenvalue weighted by molar-refractivity contribution is 0.0941. The molecule has 1 aliphatic rings. The number of carbonyl (C=O) groups is 1. The standard InChI is InChI=1S/C25H27FN2O/c1-17-6-5-7-20(14-17)16-28-23-9-4-3-8-22(23)18(2)24(28)25(29)27-15-19-10-12-21(26)13-11-19/h5-7,10-14H,3-4,8-9,15-16H2,1-2H3,(H,27,29). The van der Waals surface area contributed by atoms with Crippen LogP contribution in [0.1, 0.15) is 56.8 Å². The zero-order chi connectivity index (χ0) is 20.4. The number of nitrogens with one attached hydrogen (secondary N) is 1. The minimum atomic E-state index is -0.268. The molecule has 4 heteroatoms. The lowest BCUT2D eigenvalue weighted by Crippen LogP contribution is -2.27. The van der Waals surface area contributed by atoms with Crippen molar-refractivity contribution in [2.45, 2.75) is 52.6 Å².